The van der Waals surface area contributed by atoms with Crippen LogP contribution in [0.5, 0.6) is 0 Å². The third-order valence-corrected chi connectivity index (χ3v) is 4.26. The quantitative estimate of drug-likeness (QED) is 0.644. The molecular formula is C17H33N3. The number of hydrogen-bond donors (Lipinski definition) is 1. The van der Waals surface area contributed by atoms with Crippen molar-refractivity contribution in [3.8, 4) is 0 Å². The van der Waals surface area contributed by atoms with Gasteiger partial charge in [-0.1, -0.05) is 47.0 Å². The van der Waals surface area contributed by atoms with Crippen molar-refractivity contribution in [3.63, 3.8) is 0 Å². The third kappa shape index (κ3) is 5.66. The number of rotatable bonds is 11. The molecule has 0 bridgehead atoms. The lowest BCUT2D eigenvalue weighted by Crippen LogP contribution is -2.22. The Labute approximate surface area is 125 Å². The second kappa shape index (κ2) is 9.98. The fourth-order valence-electron chi connectivity index (χ4n) is 2.69. The molecule has 20 heavy (non-hydrogen) atoms. The van der Waals surface area contributed by atoms with Crippen molar-refractivity contribution >= 4 is 0 Å². The third-order valence-electron chi connectivity index (χ3n) is 4.26. The van der Waals surface area contributed by atoms with Gasteiger partial charge in [0.25, 0.3) is 0 Å². The summed E-state index contributed by atoms with van der Waals surface area (Å²) in [5.41, 5.74) is 1.17. The lowest BCUT2D eigenvalue weighted by molar-refractivity contribution is 0.409. The van der Waals surface area contributed by atoms with Crippen LogP contribution in [0.4, 0.5) is 0 Å². The van der Waals surface area contributed by atoms with E-state index in [2.05, 4.69) is 50.0 Å². The van der Waals surface area contributed by atoms with Crippen molar-refractivity contribution < 1.29 is 0 Å². The number of unbranched alkanes of at least 4 members (excludes halogenated alkanes) is 1. The van der Waals surface area contributed by atoms with E-state index in [4.69, 9.17) is 5.10 Å². The largest absolute Gasteiger partial charge is 0.311 e. The minimum absolute atomic E-state index is 0.552. The van der Waals surface area contributed by atoms with Crippen molar-refractivity contribution in [2.24, 2.45) is 5.92 Å². The van der Waals surface area contributed by atoms with E-state index in [0.717, 1.165) is 31.8 Å². The van der Waals surface area contributed by atoms with Crippen LogP contribution >= 0.6 is 0 Å². The van der Waals surface area contributed by atoms with Gasteiger partial charge in [0.15, 0.2) is 0 Å². The molecule has 1 rings (SSSR count). The molecule has 0 aliphatic rings. The Morgan fingerprint density at radius 2 is 1.90 bits per heavy atom. The molecule has 116 valence electrons. The van der Waals surface area contributed by atoms with Gasteiger partial charge in [-0.15, -0.1) is 0 Å². The normalized spacial score (nSPS) is 13.1. The van der Waals surface area contributed by atoms with Crippen LogP contribution in [0.15, 0.2) is 12.3 Å². The molecule has 3 heteroatoms. The monoisotopic (exact) mass is 279 g/mol. The van der Waals surface area contributed by atoms with E-state index < -0.39 is 0 Å². The summed E-state index contributed by atoms with van der Waals surface area (Å²) < 4.78 is 2.13. The molecule has 1 aromatic heterocycles. The van der Waals surface area contributed by atoms with Crippen LogP contribution in [0.2, 0.25) is 0 Å². The van der Waals surface area contributed by atoms with Gasteiger partial charge in [-0.25, -0.2) is 0 Å². The van der Waals surface area contributed by atoms with Gasteiger partial charge in [-0.2, -0.15) is 5.10 Å². The zero-order valence-corrected chi connectivity index (χ0v) is 13.9. The van der Waals surface area contributed by atoms with Crippen LogP contribution in [0, 0.1) is 5.92 Å². The lowest BCUT2D eigenvalue weighted by Gasteiger charge is -2.15. The molecular weight excluding hydrogens is 246 g/mol. The van der Waals surface area contributed by atoms with Gasteiger partial charge in [0.2, 0.25) is 0 Å². The van der Waals surface area contributed by atoms with Gasteiger partial charge in [-0.3, -0.25) is 4.68 Å². The maximum Gasteiger partial charge on any atom is 0.0762 e. The van der Waals surface area contributed by atoms with E-state index in [-0.39, 0.29) is 0 Å². The van der Waals surface area contributed by atoms with Crippen LogP contribution < -0.4 is 5.32 Å². The van der Waals surface area contributed by atoms with E-state index in [9.17, 15) is 0 Å². The molecule has 1 atom stereocenters. The Morgan fingerprint density at radius 3 is 2.50 bits per heavy atom. The fourth-order valence-corrected chi connectivity index (χ4v) is 2.69. The molecule has 0 radical (unpaired) electrons. The molecule has 0 spiro atoms. The first-order valence-corrected chi connectivity index (χ1v) is 8.49. The van der Waals surface area contributed by atoms with E-state index in [1.807, 2.05) is 0 Å². The standard InChI is InChI=1S/C17H33N3/c1-5-9-10-15(6-2)13-18-14-16-11-12-20(19-16)17(7-3)8-4/h11-12,15,17-18H,5-10,13-14H2,1-4H3. The zero-order chi connectivity index (χ0) is 14.8. The average Bonchev–Trinajstić information content (AvgIpc) is 2.92. The zero-order valence-electron chi connectivity index (χ0n) is 13.9. The van der Waals surface area contributed by atoms with Gasteiger partial charge in [0, 0.05) is 12.7 Å². The summed E-state index contributed by atoms with van der Waals surface area (Å²) in [5.74, 6) is 0.816. The first-order chi connectivity index (χ1) is 9.74. The molecule has 0 fully saturated rings. The number of nitrogens with one attached hydrogen (secondary N) is 1. The van der Waals surface area contributed by atoms with E-state index in [1.165, 1.54) is 31.4 Å². The van der Waals surface area contributed by atoms with Crippen LogP contribution in [0.3, 0.4) is 0 Å². The number of hydrogen-bond acceptors (Lipinski definition) is 2. The van der Waals surface area contributed by atoms with E-state index in [1.54, 1.807) is 0 Å². The number of nitrogens with zero attached hydrogens (tertiary/aromatic N) is 2. The molecule has 0 aliphatic heterocycles. The Balaban J connectivity index is 2.34. The summed E-state index contributed by atoms with van der Waals surface area (Å²) >= 11 is 0. The van der Waals surface area contributed by atoms with Crippen molar-refractivity contribution in [2.45, 2.75) is 78.8 Å². The number of aromatic nitrogens is 2. The molecule has 0 aliphatic carbocycles. The van der Waals surface area contributed by atoms with Crippen molar-refractivity contribution in [1.29, 1.82) is 0 Å². The molecule has 3 nitrogen and oxygen atoms in total. The maximum absolute atomic E-state index is 4.69. The Hall–Kier alpha value is -0.830. The van der Waals surface area contributed by atoms with Gasteiger partial charge in [0.1, 0.15) is 0 Å². The van der Waals surface area contributed by atoms with Crippen molar-refractivity contribution in [1.82, 2.24) is 15.1 Å². The Bertz CT molecular complexity index is 342. The minimum Gasteiger partial charge on any atom is -0.311 e. The average molecular weight is 279 g/mol. The molecule has 1 unspecified atom stereocenters. The van der Waals surface area contributed by atoms with E-state index in [0.29, 0.717) is 6.04 Å². The second-order valence-electron chi connectivity index (χ2n) is 5.80. The van der Waals surface area contributed by atoms with Gasteiger partial charge in [0.05, 0.1) is 11.7 Å². The summed E-state index contributed by atoms with van der Waals surface area (Å²) in [6, 6.07) is 2.70. The highest BCUT2D eigenvalue weighted by molar-refractivity contribution is 4.99. The van der Waals surface area contributed by atoms with Crippen LogP contribution in [-0.2, 0) is 6.54 Å². The molecule has 0 amide bonds. The van der Waals surface area contributed by atoms with Crippen LogP contribution in [0.1, 0.15) is 78.0 Å². The molecule has 1 N–H and O–H groups in total. The van der Waals surface area contributed by atoms with Crippen LogP contribution in [-0.4, -0.2) is 16.3 Å². The summed E-state index contributed by atoms with van der Waals surface area (Å²) in [4.78, 5) is 0. The first kappa shape index (κ1) is 17.2. The molecule has 1 aromatic rings. The molecule has 0 aromatic carbocycles. The van der Waals surface area contributed by atoms with Gasteiger partial charge < -0.3 is 5.32 Å². The lowest BCUT2D eigenvalue weighted by atomic mass is 9.99. The Kier molecular flexibility index (Phi) is 8.59. The first-order valence-electron chi connectivity index (χ1n) is 8.49. The summed E-state index contributed by atoms with van der Waals surface area (Å²) in [6.45, 7) is 11.0. The van der Waals surface area contributed by atoms with Gasteiger partial charge >= 0.3 is 0 Å². The Morgan fingerprint density at radius 1 is 1.15 bits per heavy atom. The summed E-state index contributed by atoms with van der Waals surface area (Å²) in [7, 11) is 0. The topological polar surface area (TPSA) is 29.9 Å². The highest BCUT2D eigenvalue weighted by Crippen LogP contribution is 2.15. The molecule has 0 saturated heterocycles. The second-order valence-corrected chi connectivity index (χ2v) is 5.80. The molecule has 0 saturated carbocycles. The highest BCUT2D eigenvalue weighted by Gasteiger charge is 2.09. The minimum atomic E-state index is 0.552. The SMILES string of the molecule is CCCCC(CC)CNCc1ccn(C(CC)CC)n1. The highest BCUT2D eigenvalue weighted by atomic mass is 15.3. The van der Waals surface area contributed by atoms with E-state index >= 15 is 0 Å². The predicted octanol–water partition coefficient (Wildman–Crippen LogP) is 4.55. The van der Waals surface area contributed by atoms with Crippen molar-refractivity contribution in [2.75, 3.05) is 6.54 Å². The maximum atomic E-state index is 4.69. The fraction of sp³-hybridized carbons (Fsp3) is 0.824. The van der Waals surface area contributed by atoms with Crippen LogP contribution in [0.25, 0.3) is 0 Å². The predicted molar refractivity (Wildman–Crippen MR) is 86.9 cm³/mol. The van der Waals surface area contributed by atoms with Gasteiger partial charge in [-0.05, 0) is 37.8 Å². The smallest absolute Gasteiger partial charge is 0.0762 e. The summed E-state index contributed by atoms with van der Waals surface area (Å²) in [5, 5.41) is 8.27. The molecule has 1 heterocycles. The van der Waals surface area contributed by atoms with Crippen molar-refractivity contribution in [3.05, 3.63) is 18.0 Å². The summed E-state index contributed by atoms with van der Waals surface area (Å²) in [6.07, 6.45) is 9.71.